The molecule has 2 atom stereocenters. The van der Waals surface area contributed by atoms with Gasteiger partial charge in [0, 0.05) is 13.3 Å². The number of aliphatic imine (C=N–C) groups is 1. The molecule has 1 aliphatic rings. The molecule has 1 aliphatic carbocycles. The van der Waals surface area contributed by atoms with Crippen molar-refractivity contribution in [3.05, 3.63) is 41.5 Å². The number of benzene rings is 1. The second-order valence-corrected chi connectivity index (χ2v) is 4.17. The van der Waals surface area contributed by atoms with Crippen LogP contribution >= 0.6 is 0 Å². The van der Waals surface area contributed by atoms with E-state index in [1.54, 1.807) is 12.3 Å². The Labute approximate surface area is 106 Å². The van der Waals surface area contributed by atoms with E-state index in [0.717, 1.165) is 11.1 Å². The molecule has 0 saturated carbocycles. The standard InChI is InChI=1S/C14H17NO3/c1-18-14(17)7-6-11-4-2-3-5-12(11)13(14)10-15-8-9-16/h2-7,10,13,16-17H,8-9H2,1H3. The molecule has 0 saturated heterocycles. The molecule has 2 N–H and O–H groups in total. The van der Waals surface area contributed by atoms with Crippen LogP contribution in [0.1, 0.15) is 17.0 Å². The third kappa shape index (κ3) is 2.36. The summed E-state index contributed by atoms with van der Waals surface area (Å²) in [6.07, 6.45) is 5.11. The number of hydrogen-bond acceptors (Lipinski definition) is 4. The summed E-state index contributed by atoms with van der Waals surface area (Å²) in [7, 11) is 1.46. The molecule has 0 aromatic heterocycles. The number of aliphatic hydroxyl groups is 2. The molecular weight excluding hydrogens is 230 g/mol. The molecule has 1 aromatic carbocycles. The second kappa shape index (κ2) is 5.44. The maximum absolute atomic E-state index is 10.4. The van der Waals surface area contributed by atoms with Crippen molar-refractivity contribution in [3.63, 3.8) is 0 Å². The van der Waals surface area contributed by atoms with Gasteiger partial charge < -0.3 is 14.9 Å². The summed E-state index contributed by atoms with van der Waals surface area (Å²) in [6.45, 7) is 0.314. The van der Waals surface area contributed by atoms with Crippen LogP contribution in [-0.4, -0.2) is 42.5 Å². The van der Waals surface area contributed by atoms with Gasteiger partial charge in [-0.25, -0.2) is 0 Å². The van der Waals surface area contributed by atoms with Crippen molar-refractivity contribution in [1.29, 1.82) is 0 Å². The first-order valence-corrected chi connectivity index (χ1v) is 5.88. The molecule has 2 rings (SSSR count). The SMILES string of the molecule is COC1(O)C=Cc2ccccc2C1C=NCCO. The van der Waals surface area contributed by atoms with Crippen LogP contribution in [0.25, 0.3) is 6.08 Å². The predicted molar refractivity (Wildman–Crippen MR) is 70.6 cm³/mol. The van der Waals surface area contributed by atoms with Gasteiger partial charge in [-0.05, 0) is 17.2 Å². The first kappa shape index (κ1) is 13.0. The van der Waals surface area contributed by atoms with E-state index >= 15 is 0 Å². The number of rotatable bonds is 4. The van der Waals surface area contributed by atoms with Crippen molar-refractivity contribution in [2.75, 3.05) is 20.3 Å². The number of nitrogens with zero attached hydrogens (tertiary/aromatic N) is 1. The van der Waals surface area contributed by atoms with Crippen LogP contribution in [0.2, 0.25) is 0 Å². The van der Waals surface area contributed by atoms with Crippen LogP contribution in [0.4, 0.5) is 0 Å². The fourth-order valence-corrected chi connectivity index (χ4v) is 2.10. The molecule has 2 unspecified atom stereocenters. The van der Waals surface area contributed by atoms with Gasteiger partial charge in [0.25, 0.3) is 0 Å². The van der Waals surface area contributed by atoms with Gasteiger partial charge in [-0.15, -0.1) is 0 Å². The Morgan fingerprint density at radius 2 is 2.22 bits per heavy atom. The Hall–Kier alpha value is -1.49. The normalized spacial score (nSPS) is 26.5. The fraction of sp³-hybridized carbons (Fsp3) is 0.357. The predicted octanol–water partition coefficient (Wildman–Crippen LogP) is 1.20. The quantitative estimate of drug-likeness (QED) is 0.620. The molecule has 96 valence electrons. The van der Waals surface area contributed by atoms with Gasteiger partial charge in [0.1, 0.15) is 0 Å². The Morgan fingerprint density at radius 1 is 1.44 bits per heavy atom. The summed E-state index contributed by atoms with van der Waals surface area (Å²) >= 11 is 0. The Bertz CT molecular complexity index is 470. The van der Waals surface area contributed by atoms with E-state index in [4.69, 9.17) is 9.84 Å². The molecule has 4 nitrogen and oxygen atoms in total. The Morgan fingerprint density at radius 3 is 2.94 bits per heavy atom. The number of hydrogen-bond donors (Lipinski definition) is 2. The van der Waals surface area contributed by atoms with E-state index in [1.807, 2.05) is 30.3 Å². The largest absolute Gasteiger partial charge is 0.394 e. The van der Waals surface area contributed by atoms with E-state index in [-0.39, 0.29) is 12.5 Å². The van der Waals surface area contributed by atoms with Crippen molar-refractivity contribution < 1.29 is 14.9 Å². The summed E-state index contributed by atoms with van der Waals surface area (Å²) in [5.74, 6) is -1.75. The monoisotopic (exact) mass is 247 g/mol. The van der Waals surface area contributed by atoms with Gasteiger partial charge in [-0.3, -0.25) is 4.99 Å². The third-order valence-corrected chi connectivity index (χ3v) is 3.09. The lowest BCUT2D eigenvalue weighted by Gasteiger charge is -2.34. The molecule has 0 spiro atoms. The fourth-order valence-electron chi connectivity index (χ4n) is 2.10. The van der Waals surface area contributed by atoms with Crippen LogP contribution in [-0.2, 0) is 4.74 Å². The zero-order valence-electron chi connectivity index (χ0n) is 10.3. The van der Waals surface area contributed by atoms with Gasteiger partial charge in [0.2, 0.25) is 0 Å². The zero-order valence-corrected chi connectivity index (χ0v) is 10.3. The first-order chi connectivity index (χ1) is 8.71. The minimum atomic E-state index is -1.38. The summed E-state index contributed by atoms with van der Waals surface area (Å²) in [5, 5.41) is 19.2. The third-order valence-electron chi connectivity index (χ3n) is 3.09. The van der Waals surface area contributed by atoms with Gasteiger partial charge >= 0.3 is 0 Å². The summed E-state index contributed by atoms with van der Waals surface area (Å²) in [6, 6.07) is 7.79. The number of ether oxygens (including phenoxy) is 1. The molecule has 0 radical (unpaired) electrons. The van der Waals surface area contributed by atoms with Crippen molar-refractivity contribution in [2.45, 2.75) is 11.7 Å². The van der Waals surface area contributed by atoms with Gasteiger partial charge in [0.05, 0.1) is 19.1 Å². The van der Waals surface area contributed by atoms with E-state index in [0.29, 0.717) is 6.54 Å². The summed E-state index contributed by atoms with van der Waals surface area (Å²) in [4.78, 5) is 4.11. The second-order valence-electron chi connectivity index (χ2n) is 4.17. The van der Waals surface area contributed by atoms with E-state index < -0.39 is 5.79 Å². The molecule has 18 heavy (non-hydrogen) atoms. The average molecular weight is 247 g/mol. The highest BCUT2D eigenvalue weighted by molar-refractivity contribution is 5.76. The summed E-state index contributed by atoms with van der Waals surface area (Å²) in [5.41, 5.74) is 2.01. The van der Waals surface area contributed by atoms with Crippen LogP contribution in [0.15, 0.2) is 35.3 Å². The van der Waals surface area contributed by atoms with Crippen LogP contribution in [0, 0.1) is 0 Å². The molecule has 0 bridgehead atoms. The maximum atomic E-state index is 10.4. The highest BCUT2D eigenvalue weighted by Crippen LogP contribution is 2.36. The van der Waals surface area contributed by atoms with E-state index in [1.165, 1.54) is 7.11 Å². The molecule has 0 aliphatic heterocycles. The van der Waals surface area contributed by atoms with Crippen LogP contribution in [0.3, 0.4) is 0 Å². The first-order valence-electron chi connectivity index (χ1n) is 5.88. The van der Waals surface area contributed by atoms with Crippen molar-refractivity contribution in [2.24, 2.45) is 4.99 Å². The van der Waals surface area contributed by atoms with E-state index in [2.05, 4.69) is 4.99 Å². The maximum Gasteiger partial charge on any atom is 0.197 e. The molecule has 0 fully saturated rings. The smallest absolute Gasteiger partial charge is 0.197 e. The van der Waals surface area contributed by atoms with Gasteiger partial charge in [0.15, 0.2) is 5.79 Å². The Balaban J connectivity index is 2.39. The zero-order chi connectivity index (χ0) is 13.0. The van der Waals surface area contributed by atoms with Crippen LogP contribution < -0.4 is 0 Å². The summed E-state index contributed by atoms with van der Waals surface area (Å²) < 4.78 is 5.19. The number of aliphatic hydroxyl groups excluding tert-OH is 1. The van der Waals surface area contributed by atoms with Crippen molar-refractivity contribution in [3.8, 4) is 0 Å². The molecular formula is C14H17NO3. The lowest BCUT2D eigenvalue weighted by Crippen LogP contribution is -2.39. The van der Waals surface area contributed by atoms with Crippen LogP contribution in [0.5, 0.6) is 0 Å². The van der Waals surface area contributed by atoms with E-state index in [9.17, 15) is 5.11 Å². The average Bonchev–Trinajstić information content (AvgIpc) is 2.41. The lowest BCUT2D eigenvalue weighted by atomic mass is 9.83. The van der Waals surface area contributed by atoms with Crippen molar-refractivity contribution >= 4 is 12.3 Å². The van der Waals surface area contributed by atoms with Crippen molar-refractivity contribution in [1.82, 2.24) is 0 Å². The Kier molecular flexibility index (Phi) is 3.91. The highest BCUT2D eigenvalue weighted by atomic mass is 16.6. The van der Waals surface area contributed by atoms with Gasteiger partial charge in [-0.1, -0.05) is 30.3 Å². The topological polar surface area (TPSA) is 62.0 Å². The molecule has 0 amide bonds. The highest BCUT2D eigenvalue weighted by Gasteiger charge is 2.37. The number of fused-ring (bicyclic) bond motifs is 1. The minimum Gasteiger partial charge on any atom is -0.394 e. The number of methoxy groups -OCH3 is 1. The molecule has 1 aromatic rings. The lowest BCUT2D eigenvalue weighted by molar-refractivity contribution is -0.150. The molecule has 0 heterocycles. The molecule has 4 heteroatoms. The van der Waals surface area contributed by atoms with Gasteiger partial charge in [-0.2, -0.15) is 0 Å². The minimum absolute atomic E-state index is 0.00782.